The SMILES string of the molecule is Cc1c(N)cccc1SC(C(=O)O)C(C)C. The fraction of sp³-hybridized carbons (Fsp3) is 0.417. The normalized spacial score (nSPS) is 12.8. The lowest BCUT2D eigenvalue weighted by Crippen LogP contribution is -2.22. The molecule has 0 amide bonds. The van der Waals surface area contributed by atoms with Gasteiger partial charge in [-0.3, -0.25) is 4.79 Å². The summed E-state index contributed by atoms with van der Waals surface area (Å²) in [5, 5.41) is 8.68. The van der Waals surface area contributed by atoms with E-state index >= 15 is 0 Å². The highest BCUT2D eigenvalue weighted by molar-refractivity contribution is 8.00. The molecule has 0 aliphatic heterocycles. The van der Waals surface area contributed by atoms with Crippen molar-refractivity contribution < 1.29 is 9.90 Å². The first-order chi connectivity index (χ1) is 7.43. The monoisotopic (exact) mass is 239 g/mol. The van der Waals surface area contributed by atoms with E-state index in [4.69, 9.17) is 10.8 Å². The molecule has 0 heterocycles. The first-order valence-corrected chi connectivity index (χ1v) is 6.06. The Morgan fingerprint density at radius 3 is 2.56 bits per heavy atom. The predicted molar refractivity (Wildman–Crippen MR) is 67.7 cm³/mol. The molecule has 0 aromatic heterocycles. The molecule has 1 atom stereocenters. The van der Waals surface area contributed by atoms with Crippen LogP contribution in [0.3, 0.4) is 0 Å². The number of carboxylic acid groups (broad SMARTS) is 1. The average Bonchev–Trinajstić information content (AvgIpc) is 2.19. The van der Waals surface area contributed by atoms with Gasteiger partial charge in [0.1, 0.15) is 5.25 Å². The second kappa shape index (κ2) is 5.25. The maximum absolute atomic E-state index is 11.1. The molecule has 0 aliphatic rings. The van der Waals surface area contributed by atoms with Crippen LogP contribution >= 0.6 is 11.8 Å². The summed E-state index contributed by atoms with van der Waals surface area (Å²) in [6.07, 6.45) is 0. The molecule has 0 aliphatic carbocycles. The van der Waals surface area contributed by atoms with Gasteiger partial charge in [-0.2, -0.15) is 0 Å². The number of aliphatic carboxylic acids is 1. The Bertz CT molecular complexity index is 391. The fourth-order valence-corrected chi connectivity index (χ4v) is 2.47. The molecule has 3 N–H and O–H groups in total. The largest absolute Gasteiger partial charge is 0.480 e. The number of carbonyl (C=O) groups is 1. The summed E-state index contributed by atoms with van der Waals surface area (Å²) in [7, 11) is 0. The Kier molecular flexibility index (Phi) is 4.24. The van der Waals surface area contributed by atoms with Gasteiger partial charge in [0.05, 0.1) is 0 Å². The summed E-state index contributed by atoms with van der Waals surface area (Å²) < 4.78 is 0. The van der Waals surface area contributed by atoms with E-state index < -0.39 is 11.2 Å². The molecule has 0 saturated carbocycles. The summed E-state index contributed by atoms with van der Waals surface area (Å²) in [6.45, 7) is 5.73. The van der Waals surface area contributed by atoms with Crippen molar-refractivity contribution in [2.45, 2.75) is 30.9 Å². The maximum Gasteiger partial charge on any atom is 0.317 e. The molecule has 3 nitrogen and oxygen atoms in total. The first-order valence-electron chi connectivity index (χ1n) is 5.18. The molecule has 0 spiro atoms. The smallest absolute Gasteiger partial charge is 0.317 e. The molecule has 0 radical (unpaired) electrons. The van der Waals surface area contributed by atoms with E-state index in [2.05, 4.69) is 0 Å². The molecular formula is C12H17NO2S. The number of anilines is 1. The third kappa shape index (κ3) is 2.92. The Labute approximate surface area is 100 Å². The van der Waals surface area contributed by atoms with E-state index in [0.717, 1.165) is 10.5 Å². The predicted octanol–water partition coefficient (Wildman–Crippen LogP) is 2.78. The van der Waals surface area contributed by atoms with Crippen molar-refractivity contribution in [3.8, 4) is 0 Å². The third-order valence-electron chi connectivity index (χ3n) is 2.43. The van der Waals surface area contributed by atoms with Crippen LogP contribution in [0, 0.1) is 12.8 Å². The summed E-state index contributed by atoms with van der Waals surface area (Å²) >= 11 is 1.37. The van der Waals surface area contributed by atoms with Crippen molar-refractivity contribution >= 4 is 23.4 Å². The zero-order chi connectivity index (χ0) is 12.3. The van der Waals surface area contributed by atoms with Crippen molar-refractivity contribution in [1.82, 2.24) is 0 Å². The lowest BCUT2D eigenvalue weighted by molar-refractivity contribution is -0.137. The third-order valence-corrected chi connectivity index (χ3v) is 4.12. The van der Waals surface area contributed by atoms with Gasteiger partial charge in [-0.1, -0.05) is 19.9 Å². The standard InChI is InChI=1S/C12H17NO2S/c1-7(2)11(12(14)15)16-10-6-4-5-9(13)8(10)3/h4-7,11H,13H2,1-3H3,(H,14,15). The van der Waals surface area contributed by atoms with Gasteiger partial charge in [-0.05, 0) is 30.5 Å². The van der Waals surface area contributed by atoms with Gasteiger partial charge in [-0.25, -0.2) is 0 Å². The maximum atomic E-state index is 11.1. The lowest BCUT2D eigenvalue weighted by atomic mass is 10.1. The van der Waals surface area contributed by atoms with Crippen molar-refractivity contribution in [3.05, 3.63) is 23.8 Å². The molecule has 0 fully saturated rings. The van der Waals surface area contributed by atoms with Gasteiger partial charge in [0.15, 0.2) is 0 Å². The van der Waals surface area contributed by atoms with Crippen LogP contribution in [0.5, 0.6) is 0 Å². The van der Waals surface area contributed by atoms with Crippen LogP contribution in [0.4, 0.5) is 5.69 Å². The van der Waals surface area contributed by atoms with Crippen LogP contribution in [0.25, 0.3) is 0 Å². The number of benzene rings is 1. The van der Waals surface area contributed by atoms with Crippen LogP contribution in [0.1, 0.15) is 19.4 Å². The molecule has 1 aromatic rings. The lowest BCUT2D eigenvalue weighted by Gasteiger charge is -2.17. The topological polar surface area (TPSA) is 63.3 Å². The minimum absolute atomic E-state index is 0.0864. The van der Waals surface area contributed by atoms with Crippen molar-refractivity contribution in [1.29, 1.82) is 0 Å². The Morgan fingerprint density at radius 1 is 1.44 bits per heavy atom. The number of carboxylic acids is 1. The van der Waals surface area contributed by atoms with E-state index in [1.807, 2.05) is 39.0 Å². The highest BCUT2D eigenvalue weighted by atomic mass is 32.2. The van der Waals surface area contributed by atoms with Crippen LogP contribution in [0.2, 0.25) is 0 Å². The number of rotatable bonds is 4. The zero-order valence-corrected chi connectivity index (χ0v) is 10.5. The van der Waals surface area contributed by atoms with Crippen molar-refractivity contribution in [2.24, 2.45) is 5.92 Å². The molecule has 16 heavy (non-hydrogen) atoms. The highest BCUT2D eigenvalue weighted by Crippen LogP contribution is 2.32. The van der Waals surface area contributed by atoms with Crippen LogP contribution in [0.15, 0.2) is 23.1 Å². The Hall–Kier alpha value is -1.16. The van der Waals surface area contributed by atoms with E-state index in [9.17, 15) is 4.79 Å². The average molecular weight is 239 g/mol. The number of nitrogen functional groups attached to an aromatic ring is 1. The van der Waals surface area contributed by atoms with E-state index in [1.54, 1.807) is 0 Å². The quantitative estimate of drug-likeness (QED) is 0.626. The Balaban J connectivity index is 2.94. The summed E-state index contributed by atoms with van der Waals surface area (Å²) in [4.78, 5) is 12.0. The molecule has 1 aromatic carbocycles. The van der Waals surface area contributed by atoms with Gasteiger partial charge in [0.2, 0.25) is 0 Å². The van der Waals surface area contributed by atoms with Crippen LogP contribution in [-0.2, 0) is 4.79 Å². The van der Waals surface area contributed by atoms with E-state index in [0.29, 0.717) is 5.69 Å². The van der Waals surface area contributed by atoms with Gasteiger partial charge in [0.25, 0.3) is 0 Å². The molecule has 0 bridgehead atoms. The molecule has 0 saturated heterocycles. The van der Waals surface area contributed by atoms with Gasteiger partial charge < -0.3 is 10.8 Å². The second-order valence-electron chi connectivity index (χ2n) is 4.09. The number of nitrogens with two attached hydrogens (primary N) is 1. The fourth-order valence-electron chi connectivity index (χ4n) is 1.37. The Morgan fingerprint density at radius 2 is 2.06 bits per heavy atom. The highest BCUT2D eigenvalue weighted by Gasteiger charge is 2.23. The van der Waals surface area contributed by atoms with Gasteiger partial charge >= 0.3 is 5.97 Å². The summed E-state index contributed by atoms with van der Waals surface area (Å²) in [6, 6.07) is 5.59. The van der Waals surface area contributed by atoms with E-state index in [1.165, 1.54) is 11.8 Å². The number of thioether (sulfide) groups is 1. The van der Waals surface area contributed by atoms with Crippen LogP contribution < -0.4 is 5.73 Å². The second-order valence-corrected chi connectivity index (χ2v) is 5.27. The molecule has 4 heteroatoms. The number of hydrogen-bond donors (Lipinski definition) is 2. The summed E-state index contributed by atoms with van der Waals surface area (Å²) in [5.41, 5.74) is 7.45. The van der Waals surface area contributed by atoms with Gasteiger partial charge in [-0.15, -0.1) is 11.8 Å². The molecular weight excluding hydrogens is 222 g/mol. The van der Waals surface area contributed by atoms with Gasteiger partial charge in [0, 0.05) is 10.6 Å². The van der Waals surface area contributed by atoms with Crippen molar-refractivity contribution in [2.75, 3.05) is 5.73 Å². The van der Waals surface area contributed by atoms with E-state index in [-0.39, 0.29) is 5.92 Å². The summed E-state index contributed by atoms with van der Waals surface area (Å²) in [5.74, 6) is -0.690. The van der Waals surface area contributed by atoms with Crippen molar-refractivity contribution in [3.63, 3.8) is 0 Å². The molecule has 1 unspecified atom stereocenters. The molecule has 88 valence electrons. The minimum Gasteiger partial charge on any atom is -0.480 e. The zero-order valence-electron chi connectivity index (χ0n) is 9.73. The first kappa shape index (κ1) is 12.9. The minimum atomic E-state index is -0.776. The van der Waals surface area contributed by atoms with Crippen LogP contribution in [-0.4, -0.2) is 16.3 Å². The number of hydrogen-bond acceptors (Lipinski definition) is 3. The molecule has 1 rings (SSSR count).